The molecule has 20 heavy (non-hydrogen) atoms. The Hall–Kier alpha value is -0.650. The average Bonchev–Trinajstić information content (AvgIpc) is 2.47. The Morgan fingerprint density at radius 2 is 1.90 bits per heavy atom. The van der Waals surface area contributed by atoms with E-state index in [2.05, 4.69) is 36.1 Å². The Labute approximate surface area is 123 Å². The first-order chi connectivity index (χ1) is 9.63. The Bertz CT molecular complexity index is 315. The number of carbonyl (C=O) groups is 1. The molecule has 0 saturated carbocycles. The maximum atomic E-state index is 12.4. The van der Waals surface area contributed by atoms with Crippen LogP contribution in [-0.2, 0) is 4.79 Å². The molecule has 0 aromatic rings. The molecule has 2 saturated heterocycles. The van der Waals surface area contributed by atoms with E-state index in [0.717, 1.165) is 45.7 Å². The van der Waals surface area contributed by atoms with Crippen molar-refractivity contribution in [2.24, 2.45) is 5.92 Å². The fourth-order valence-corrected chi connectivity index (χ4v) is 3.39. The van der Waals surface area contributed by atoms with Gasteiger partial charge in [-0.05, 0) is 26.4 Å². The van der Waals surface area contributed by atoms with Crippen LogP contribution in [0, 0.1) is 5.92 Å². The molecule has 0 spiro atoms. The molecule has 0 aromatic heterocycles. The van der Waals surface area contributed by atoms with Crippen LogP contribution >= 0.6 is 0 Å². The summed E-state index contributed by atoms with van der Waals surface area (Å²) in [5.74, 6) is 0.991. The second-order valence-corrected chi connectivity index (χ2v) is 6.27. The summed E-state index contributed by atoms with van der Waals surface area (Å²) in [7, 11) is 4.18. The minimum absolute atomic E-state index is 0.316. The van der Waals surface area contributed by atoms with E-state index in [1.54, 1.807) is 0 Å². The molecule has 2 unspecified atom stereocenters. The van der Waals surface area contributed by atoms with E-state index in [0.29, 0.717) is 24.4 Å². The number of amides is 1. The van der Waals surface area contributed by atoms with Crippen LogP contribution in [0.15, 0.2) is 0 Å². The van der Waals surface area contributed by atoms with Gasteiger partial charge in [-0.3, -0.25) is 9.69 Å². The zero-order valence-corrected chi connectivity index (χ0v) is 13.3. The lowest BCUT2D eigenvalue weighted by Crippen LogP contribution is -2.53. The second-order valence-electron chi connectivity index (χ2n) is 6.27. The summed E-state index contributed by atoms with van der Waals surface area (Å²) in [5.41, 5.74) is 0. The van der Waals surface area contributed by atoms with Crippen LogP contribution in [0.5, 0.6) is 0 Å². The first kappa shape index (κ1) is 15.7. The van der Waals surface area contributed by atoms with Crippen LogP contribution in [-0.4, -0.2) is 86.6 Å². The second kappa shape index (κ2) is 7.38. The topological polar surface area (TPSA) is 38.8 Å². The normalized spacial score (nSPS) is 29.6. The van der Waals surface area contributed by atoms with Crippen molar-refractivity contribution < 1.29 is 4.79 Å². The summed E-state index contributed by atoms with van der Waals surface area (Å²) < 4.78 is 0. The van der Waals surface area contributed by atoms with Gasteiger partial charge in [0.1, 0.15) is 0 Å². The molecule has 1 N–H and O–H groups in total. The van der Waals surface area contributed by atoms with Gasteiger partial charge in [0.05, 0.1) is 6.54 Å². The van der Waals surface area contributed by atoms with E-state index in [-0.39, 0.29) is 0 Å². The highest BCUT2D eigenvalue weighted by Gasteiger charge is 2.29. The third-order valence-corrected chi connectivity index (χ3v) is 4.93. The van der Waals surface area contributed by atoms with Gasteiger partial charge in [0.2, 0.25) is 5.91 Å². The van der Waals surface area contributed by atoms with Gasteiger partial charge in [-0.2, -0.15) is 0 Å². The molecular formula is C15H30N4O. The third-order valence-electron chi connectivity index (χ3n) is 4.93. The summed E-state index contributed by atoms with van der Waals surface area (Å²) in [4.78, 5) is 19.0. The van der Waals surface area contributed by atoms with Crippen molar-refractivity contribution in [3.05, 3.63) is 0 Å². The van der Waals surface area contributed by atoms with Crippen molar-refractivity contribution in [3.63, 3.8) is 0 Å². The fourth-order valence-electron chi connectivity index (χ4n) is 3.39. The van der Waals surface area contributed by atoms with Gasteiger partial charge in [0.15, 0.2) is 0 Å². The van der Waals surface area contributed by atoms with Crippen molar-refractivity contribution in [3.8, 4) is 0 Å². The summed E-state index contributed by atoms with van der Waals surface area (Å²) >= 11 is 0. The molecule has 2 heterocycles. The number of nitrogens with one attached hydrogen (secondary N) is 1. The quantitative estimate of drug-likeness (QED) is 0.793. The van der Waals surface area contributed by atoms with Gasteiger partial charge in [0, 0.05) is 45.3 Å². The van der Waals surface area contributed by atoms with Crippen molar-refractivity contribution >= 4 is 5.91 Å². The van der Waals surface area contributed by atoms with Crippen LogP contribution in [0.25, 0.3) is 0 Å². The highest BCUT2D eigenvalue weighted by molar-refractivity contribution is 5.78. The van der Waals surface area contributed by atoms with Crippen molar-refractivity contribution in [2.75, 3.05) is 59.9 Å². The first-order valence-corrected chi connectivity index (χ1v) is 8.00. The maximum Gasteiger partial charge on any atom is 0.236 e. The summed E-state index contributed by atoms with van der Waals surface area (Å²) in [5, 5.41) is 3.42. The Morgan fingerprint density at radius 3 is 2.50 bits per heavy atom. The Kier molecular flexibility index (Phi) is 5.81. The molecule has 0 aromatic carbocycles. The molecule has 5 nitrogen and oxygen atoms in total. The molecule has 1 amide bonds. The number of hydrogen-bond acceptors (Lipinski definition) is 4. The van der Waals surface area contributed by atoms with Crippen molar-refractivity contribution in [2.45, 2.75) is 25.8 Å². The molecule has 2 rings (SSSR count). The monoisotopic (exact) mass is 282 g/mol. The standard InChI is InChI=1S/C15H30N4O/c1-4-13-11-18(6-5-14(13)16-2)12-15(20)19-9-7-17(3)8-10-19/h13-14,16H,4-12H2,1-3H3. The van der Waals surface area contributed by atoms with Gasteiger partial charge in [-0.25, -0.2) is 0 Å². The zero-order chi connectivity index (χ0) is 14.5. The molecule has 2 fully saturated rings. The Balaban J connectivity index is 1.80. The number of likely N-dealkylation sites (N-methyl/N-ethyl adjacent to an activating group) is 1. The first-order valence-electron chi connectivity index (χ1n) is 8.00. The summed E-state index contributed by atoms with van der Waals surface area (Å²) in [6.45, 7) is 8.75. The molecule has 0 aliphatic carbocycles. The third kappa shape index (κ3) is 3.93. The van der Waals surface area contributed by atoms with Crippen LogP contribution in [0.1, 0.15) is 19.8 Å². The lowest BCUT2D eigenvalue weighted by molar-refractivity contribution is -0.134. The summed E-state index contributed by atoms with van der Waals surface area (Å²) in [6, 6.07) is 0.620. The SMILES string of the molecule is CCC1CN(CC(=O)N2CCN(C)CC2)CCC1NC. The molecule has 2 atom stereocenters. The van der Waals surface area contributed by atoms with E-state index in [1.165, 1.54) is 6.42 Å². The predicted molar refractivity (Wildman–Crippen MR) is 81.8 cm³/mol. The van der Waals surface area contributed by atoms with Gasteiger partial charge >= 0.3 is 0 Å². The summed E-state index contributed by atoms with van der Waals surface area (Å²) in [6.07, 6.45) is 2.34. The largest absolute Gasteiger partial charge is 0.339 e. The van der Waals surface area contributed by atoms with E-state index < -0.39 is 0 Å². The maximum absolute atomic E-state index is 12.4. The highest BCUT2D eigenvalue weighted by atomic mass is 16.2. The molecule has 2 aliphatic heterocycles. The number of nitrogens with zero attached hydrogens (tertiary/aromatic N) is 3. The number of rotatable bonds is 4. The van der Waals surface area contributed by atoms with Crippen molar-refractivity contribution in [1.29, 1.82) is 0 Å². The Morgan fingerprint density at radius 1 is 1.20 bits per heavy atom. The van der Waals surface area contributed by atoms with Gasteiger partial charge < -0.3 is 15.1 Å². The lowest BCUT2D eigenvalue weighted by atomic mass is 9.90. The number of piperidine rings is 1. The van der Waals surface area contributed by atoms with E-state index in [4.69, 9.17) is 0 Å². The van der Waals surface area contributed by atoms with Gasteiger partial charge in [-0.1, -0.05) is 13.3 Å². The van der Waals surface area contributed by atoms with Crippen LogP contribution in [0.4, 0.5) is 0 Å². The van der Waals surface area contributed by atoms with E-state index in [1.807, 2.05) is 4.90 Å². The van der Waals surface area contributed by atoms with Gasteiger partial charge in [0.25, 0.3) is 0 Å². The minimum Gasteiger partial charge on any atom is -0.339 e. The van der Waals surface area contributed by atoms with E-state index >= 15 is 0 Å². The molecule has 0 radical (unpaired) electrons. The number of carbonyl (C=O) groups excluding carboxylic acids is 1. The molecule has 5 heteroatoms. The predicted octanol–water partition coefficient (Wildman–Crippen LogP) is 0.0803. The lowest BCUT2D eigenvalue weighted by Gasteiger charge is -2.39. The van der Waals surface area contributed by atoms with Crippen LogP contribution < -0.4 is 5.32 Å². The highest BCUT2D eigenvalue weighted by Crippen LogP contribution is 2.20. The molecule has 2 aliphatic rings. The molecular weight excluding hydrogens is 252 g/mol. The fraction of sp³-hybridized carbons (Fsp3) is 0.933. The smallest absolute Gasteiger partial charge is 0.236 e. The van der Waals surface area contributed by atoms with Crippen LogP contribution in [0.2, 0.25) is 0 Å². The number of likely N-dealkylation sites (tertiary alicyclic amines) is 1. The zero-order valence-electron chi connectivity index (χ0n) is 13.3. The van der Waals surface area contributed by atoms with Crippen molar-refractivity contribution in [1.82, 2.24) is 20.0 Å². The average molecular weight is 282 g/mol. The van der Waals surface area contributed by atoms with Gasteiger partial charge in [-0.15, -0.1) is 0 Å². The number of piperazine rings is 1. The molecule has 116 valence electrons. The number of hydrogen-bond donors (Lipinski definition) is 1. The minimum atomic E-state index is 0.316. The van der Waals surface area contributed by atoms with Crippen LogP contribution in [0.3, 0.4) is 0 Å². The van der Waals surface area contributed by atoms with E-state index in [9.17, 15) is 4.79 Å². The molecule has 0 bridgehead atoms.